The van der Waals surface area contributed by atoms with Crippen LogP contribution in [0.25, 0.3) is 0 Å². The van der Waals surface area contributed by atoms with Crippen LogP contribution < -0.4 is 20.7 Å². The maximum atomic E-state index is 14.3. The topological polar surface area (TPSA) is 110 Å². The summed E-state index contributed by atoms with van der Waals surface area (Å²) in [5, 5.41) is 0. The molecule has 1 aliphatic carbocycles. The van der Waals surface area contributed by atoms with Gasteiger partial charge in [-0.2, -0.15) is 0 Å². The van der Waals surface area contributed by atoms with Crippen molar-refractivity contribution in [1.82, 2.24) is 14.3 Å². The molecule has 4 rings (SSSR count). The third-order valence-electron chi connectivity index (χ3n) is 5.67. The summed E-state index contributed by atoms with van der Waals surface area (Å²) >= 11 is 0. The van der Waals surface area contributed by atoms with Crippen LogP contribution in [-0.4, -0.2) is 30.3 Å². The number of nitrogens with zero attached hydrogens (tertiary/aromatic N) is 1. The van der Waals surface area contributed by atoms with Crippen LogP contribution in [0.5, 0.6) is 5.75 Å². The summed E-state index contributed by atoms with van der Waals surface area (Å²) in [6, 6.07) is 9.72. The second-order valence-corrected chi connectivity index (χ2v) is 10.4. The Morgan fingerprint density at radius 1 is 1.06 bits per heavy atom. The molecule has 3 aromatic rings. The van der Waals surface area contributed by atoms with Gasteiger partial charge in [-0.25, -0.2) is 26.7 Å². The lowest BCUT2D eigenvalue weighted by Crippen LogP contribution is -2.33. The van der Waals surface area contributed by atoms with Gasteiger partial charge in [0, 0.05) is 18.8 Å². The van der Waals surface area contributed by atoms with Gasteiger partial charge in [0.25, 0.3) is 5.56 Å². The van der Waals surface area contributed by atoms with Crippen molar-refractivity contribution in [3.63, 3.8) is 0 Å². The van der Waals surface area contributed by atoms with Gasteiger partial charge >= 0.3 is 5.69 Å². The van der Waals surface area contributed by atoms with Crippen LogP contribution in [0.1, 0.15) is 36.4 Å². The highest BCUT2D eigenvalue weighted by Crippen LogP contribution is 2.32. The number of aromatic nitrogens is 2. The van der Waals surface area contributed by atoms with Crippen molar-refractivity contribution < 1.29 is 21.9 Å². The zero-order valence-electron chi connectivity index (χ0n) is 18.7. The first-order valence-corrected chi connectivity index (χ1v) is 12.8. The first-order valence-electron chi connectivity index (χ1n) is 11.2. The van der Waals surface area contributed by atoms with E-state index >= 15 is 0 Å². The molecule has 0 saturated heterocycles. The number of nitrogens with one attached hydrogen (secondary N) is 2. The molecule has 0 bridgehead atoms. The number of sulfonamides is 1. The Hall–Kier alpha value is -3.31. The fourth-order valence-corrected chi connectivity index (χ4v) is 4.83. The molecule has 0 amide bonds. The van der Waals surface area contributed by atoms with E-state index in [1.54, 1.807) is 0 Å². The summed E-state index contributed by atoms with van der Waals surface area (Å²) in [4.78, 5) is 25.1. The molecular weight excluding hydrogens is 480 g/mol. The first kappa shape index (κ1) is 24.8. The van der Waals surface area contributed by atoms with Gasteiger partial charge in [0.15, 0.2) is 11.6 Å². The van der Waals surface area contributed by atoms with E-state index < -0.39 is 38.9 Å². The van der Waals surface area contributed by atoms with Crippen LogP contribution >= 0.6 is 0 Å². The molecule has 2 N–H and O–H groups in total. The monoisotopic (exact) mass is 505 g/mol. The Labute approximate surface area is 200 Å². The van der Waals surface area contributed by atoms with Crippen molar-refractivity contribution in [2.45, 2.75) is 31.8 Å². The van der Waals surface area contributed by atoms with Crippen LogP contribution in [0.4, 0.5) is 8.78 Å². The molecule has 1 atom stereocenters. The fraction of sp³-hybridized carbons (Fsp3) is 0.333. The lowest BCUT2D eigenvalue weighted by Gasteiger charge is -2.21. The molecule has 0 radical (unpaired) electrons. The minimum absolute atomic E-state index is 0.0261. The van der Waals surface area contributed by atoms with Crippen LogP contribution in [0.3, 0.4) is 0 Å². The van der Waals surface area contributed by atoms with Crippen molar-refractivity contribution in [1.29, 1.82) is 0 Å². The molecule has 1 aliphatic rings. The minimum atomic E-state index is -3.88. The number of rotatable bonds is 11. The molecule has 186 valence electrons. The zero-order chi connectivity index (χ0) is 25.0. The Bertz CT molecular complexity index is 1400. The van der Waals surface area contributed by atoms with Gasteiger partial charge in [0.1, 0.15) is 5.82 Å². The van der Waals surface area contributed by atoms with Crippen molar-refractivity contribution >= 4 is 10.0 Å². The predicted molar refractivity (Wildman–Crippen MR) is 126 cm³/mol. The lowest BCUT2D eigenvalue weighted by atomic mass is 9.99. The number of hydrogen-bond donors (Lipinski definition) is 2. The molecular formula is C24H25F2N3O5S. The first-order chi connectivity index (χ1) is 16.7. The third-order valence-corrected chi connectivity index (χ3v) is 7.09. The van der Waals surface area contributed by atoms with E-state index in [0.717, 1.165) is 12.8 Å². The Morgan fingerprint density at radius 2 is 1.77 bits per heavy atom. The second-order valence-electron chi connectivity index (χ2n) is 8.52. The molecule has 0 aliphatic heterocycles. The average Bonchev–Trinajstić information content (AvgIpc) is 3.64. The number of aryl methyl sites for hydroxylation is 1. The highest BCUT2D eigenvalue weighted by Gasteiger charge is 2.25. The largest absolute Gasteiger partial charge is 0.490 e. The van der Waals surface area contributed by atoms with Gasteiger partial charge in [-0.05, 0) is 60.6 Å². The van der Waals surface area contributed by atoms with E-state index in [1.165, 1.54) is 59.3 Å². The van der Waals surface area contributed by atoms with Crippen LogP contribution in [0, 0.1) is 17.6 Å². The van der Waals surface area contributed by atoms with Crippen LogP contribution in [-0.2, 0) is 16.6 Å². The second kappa shape index (κ2) is 10.5. The molecule has 1 fully saturated rings. The fourth-order valence-electron chi connectivity index (χ4n) is 3.57. The Balaban J connectivity index is 1.53. The standard InChI is InChI=1S/C24H25F2N3O5S/c25-19-7-4-17(5-8-19)23(18-6-9-20(26)21(14-18)34-15-16-2-3-16)28-35(32,33)13-1-11-29-12-10-22(30)27-24(29)31/h4-10,12,14,16,23,28H,1-3,11,13,15H2,(H,27,30,31)/t23-/m1/s1. The molecule has 1 saturated carbocycles. The van der Waals surface area contributed by atoms with Crippen molar-refractivity contribution in [2.75, 3.05) is 12.4 Å². The van der Waals surface area contributed by atoms with Crippen molar-refractivity contribution in [3.8, 4) is 5.75 Å². The van der Waals surface area contributed by atoms with Gasteiger partial charge in [-0.3, -0.25) is 9.78 Å². The average molecular weight is 506 g/mol. The molecule has 2 aromatic carbocycles. The van der Waals surface area contributed by atoms with E-state index in [1.807, 2.05) is 0 Å². The SMILES string of the molecule is O=c1ccn(CCCS(=O)(=O)N[C@H](c2ccc(F)cc2)c2ccc(F)c(OCC3CC3)c2)c(=O)[nH]1. The predicted octanol–water partition coefficient (Wildman–Crippen LogP) is 2.70. The number of ether oxygens (including phenoxy) is 1. The van der Waals surface area contributed by atoms with Gasteiger partial charge in [-0.1, -0.05) is 18.2 Å². The summed E-state index contributed by atoms with van der Waals surface area (Å²) in [7, 11) is -3.88. The van der Waals surface area contributed by atoms with E-state index in [2.05, 4.69) is 9.71 Å². The molecule has 1 heterocycles. The van der Waals surface area contributed by atoms with Gasteiger partial charge < -0.3 is 9.30 Å². The highest BCUT2D eigenvalue weighted by molar-refractivity contribution is 7.89. The molecule has 1 aromatic heterocycles. The minimum Gasteiger partial charge on any atom is -0.490 e. The normalized spacial score (nSPS) is 14.6. The molecule has 11 heteroatoms. The number of hydrogen-bond acceptors (Lipinski definition) is 5. The van der Waals surface area contributed by atoms with E-state index in [4.69, 9.17) is 4.74 Å². The smallest absolute Gasteiger partial charge is 0.328 e. The van der Waals surface area contributed by atoms with Crippen molar-refractivity contribution in [2.24, 2.45) is 5.92 Å². The molecule has 0 spiro atoms. The zero-order valence-corrected chi connectivity index (χ0v) is 19.6. The van der Waals surface area contributed by atoms with Crippen LogP contribution in [0.2, 0.25) is 0 Å². The maximum absolute atomic E-state index is 14.3. The van der Waals surface area contributed by atoms with E-state index in [9.17, 15) is 26.8 Å². The molecule has 0 unspecified atom stereocenters. The van der Waals surface area contributed by atoms with E-state index in [0.29, 0.717) is 23.7 Å². The quantitative estimate of drug-likeness (QED) is 0.416. The molecule has 35 heavy (non-hydrogen) atoms. The summed E-state index contributed by atoms with van der Waals surface area (Å²) < 4.78 is 63.1. The number of benzene rings is 2. The lowest BCUT2D eigenvalue weighted by molar-refractivity contribution is 0.285. The number of aromatic amines is 1. The maximum Gasteiger partial charge on any atom is 0.328 e. The number of H-pyrrole nitrogens is 1. The summed E-state index contributed by atoms with van der Waals surface area (Å²) in [6.07, 6.45) is 3.45. The Morgan fingerprint density at radius 3 is 2.46 bits per heavy atom. The highest BCUT2D eigenvalue weighted by atomic mass is 32.2. The Kier molecular flexibility index (Phi) is 7.46. The summed E-state index contributed by atoms with van der Waals surface area (Å²) in [5.41, 5.74) is -0.268. The number of halogens is 2. The van der Waals surface area contributed by atoms with Gasteiger partial charge in [-0.15, -0.1) is 0 Å². The van der Waals surface area contributed by atoms with Crippen molar-refractivity contribution in [3.05, 3.63) is 98.3 Å². The summed E-state index contributed by atoms with van der Waals surface area (Å²) in [5.74, 6) is -0.920. The summed E-state index contributed by atoms with van der Waals surface area (Å²) in [6.45, 7) is 0.463. The van der Waals surface area contributed by atoms with Crippen LogP contribution in [0.15, 0.2) is 64.3 Å². The molecule has 8 nitrogen and oxygen atoms in total. The third kappa shape index (κ3) is 6.86. The van der Waals surface area contributed by atoms with E-state index in [-0.39, 0.29) is 24.5 Å². The van der Waals surface area contributed by atoms with Gasteiger partial charge in [0.05, 0.1) is 18.4 Å². The van der Waals surface area contributed by atoms with Gasteiger partial charge in [0.2, 0.25) is 10.0 Å².